The van der Waals surface area contributed by atoms with Crippen LogP contribution >= 0.6 is 11.6 Å². The van der Waals surface area contributed by atoms with Gasteiger partial charge in [-0.05, 0) is 25.5 Å². The van der Waals surface area contributed by atoms with E-state index in [-0.39, 0.29) is 5.91 Å². The van der Waals surface area contributed by atoms with Crippen LogP contribution in [0.2, 0.25) is 5.15 Å². The Morgan fingerprint density at radius 2 is 1.88 bits per heavy atom. The van der Waals surface area contributed by atoms with Gasteiger partial charge in [-0.3, -0.25) is 14.5 Å². The second kappa shape index (κ2) is 7.87. The van der Waals surface area contributed by atoms with Gasteiger partial charge in [-0.15, -0.1) is 0 Å². The van der Waals surface area contributed by atoms with Gasteiger partial charge in [0.25, 0.3) is 5.91 Å². The quantitative estimate of drug-likeness (QED) is 0.821. The molecule has 3 rings (SSSR count). The number of pyridine rings is 1. The number of rotatable bonds is 5. The van der Waals surface area contributed by atoms with E-state index >= 15 is 0 Å². The fraction of sp³-hybridized carbons (Fsp3) is 0.500. The van der Waals surface area contributed by atoms with Crippen molar-refractivity contribution in [2.45, 2.75) is 33.2 Å². The van der Waals surface area contributed by atoms with Crippen molar-refractivity contribution < 1.29 is 4.79 Å². The fourth-order valence-corrected chi connectivity index (χ4v) is 3.47. The molecule has 0 aromatic carbocycles. The third-order valence-corrected chi connectivity index (χ3v) is 4.98. The third kappa shape index (κ3) is 3.79. The van der Waals surface area contributed by atoms with Crippen LogP contribution in [0.25, 0.3) is 0 Å². The van der Waals surface area contributed by atoms with Crippen molar-refractivity contribution in [3.05, 3.63) is 40.9 Å². The number of hydrogen-bond acceptors (Lipinski definition) is 4. The number of aryl methyl sites for hydroxylation is 2. The maximum atomic E-state index is 12.9. The van der Waals surface area contributed by atoms with Gasteiger partial charge in [0.1, 0.15) is 5.15 Å². The highest BCUT2D eigenvalue weighted by Crippen LogP contribution is 2.23. The maximum Gasteiger partial charge on any atom is 0.259 e. The summed E-state index contributed by atoms with van der Waals surface area (Å²) in [4.78, 5) is 21.1. The van der Waals surface area contributed by atoms with Gasteiger partial charge in [0.2, 0.25) is 0 Å². The summed E-state index contributed by atoms with van der Waals surface area (Å²) in [5.74, 6) is -0.0142. The molecule has 0 atom stereocenters. The molecule has 1 amide bonds. The molecule has 0 bridgehead atoms. The van der Waals surface area contributed by atoms with Crippen LogP contribution in [-0.2, 0) is 6.54 Å². The molecule has 0 N–H and O–H groups in total. The summed E-state index contributed by atoms with van der Waals surface area (Å²) in [5.41, 5.74) is 2.40. The lowest BCUT2D eigenvalue weighted by molar-refractivity contribution is 0.0746. The summed E-state index contributed by atoms with van der Waals surface area (Å²) in [6.07, 6.45) is 5.65. The Balaban J connectivity index is 1.68. The Kier molecular flexibility index (Phi) is 5.58. The molecule has 0 saturated carbocycles. The van der Waals surface area contributed by atoms with Crippen molar-refractivity contribution in [2.24, 2.45) is 0 Å². The Morgan fingerprint density at radius 1 is 1.20 bits per heavy atom. The van der Waals surface area contributed by atoms with Crippen molar-refractivity contribution >= 4 is 23.2 Å². The molecule has 3 heterocycles. The van der Waals surface area contributed by atoms with Crippen molar-refractivity contribution in [2.75, 3.05) is 31.1 Å². The van der Waals surface area contributed by atoms with Gasteiger partial charge in [-0.2, -0.15) is 5.10 Å². The zero-order valence-corrected chi connectivity index (χ0v) is 15.5. The molecule has 0 aliphatic carbocycles. The largest absolute Gasteiger partial charge is 0.368 e. The summed E-state index contributed by atoms with van der Waals surface area (Å²) in [6.45, 7) is 7.69. The highest BCUT2D eigenvalue weighted by molar-refractivity contribution is 6.33. The Morgan fingerprint density at radius 3 is 2.52 bits per heavy atom. The molecular weight excluding hydrogens is 338 g/mol. The first kappa shape index (κ1) is 17.7. The summed E-state index contributed by atoms with van der Waals surface area (Å²) in [5, 5.41) is 4.91. The second-order valence-corrected chi connectivity index (χ2v) is 6.67. The van der Waals surface area contributed by atoms with E-state index in [1.807, 2.05) is 24.0 Å². The van der Waals surface area contributed by atoms with E-state index < -0.39 is 0 Å². The number of halogens is 1. The first-order valence-corrected chi connectivity index (χ1v) is 9.16. The summed E-state index contributed by atoms with van der Waals surface area (Å²) in [7, 11) is 0. The molecule has 1 aliphatic heterocycles. The number of amides is 1. The van der Waals surface area contributed by atoms with Crippen molar-refractivity contribution in [3.63, 3.8) is 0 Å². The number of anilines is 1. The molecule has 1 saturated heterocycles. The maximum absolute atomic E-state index is 12.9. The molecule has 0 unspecified atom stereocenters. The van der Waals surface area contributed by atoms with Gasteiger partial charge < -0.3 is 9.80 Å². The normalized spacial score (nSPS) is 14.8. The van der Waals surface area contributed by atoms with E-state index in [0.29, 0.717) is 29.5 Å². The van der Waals surface area contributed by atoms with E-state index in [9.17, 15) is 4.79 Å². The molecule has 1 fully saturated rings. The van der Waals surface area contributed by atoms with Crippen LogP contribution in [0.1, 0.15) is 35.8 Å². The lowest BCUT2D eigenvalue weighted by atomic mass is 10.2. The molecule has 1 aliphatic rings. The highest BCUT2D eigenvalue weighted by Gasteiger charge is 2.27. The average molecular weight is 362 g/mol. The smallest absolute Gasteiger partial charge is 0.259 e. The van der Waals surface area contributed by atoms with Gasteiger partial charge in [-0.1, -0.05) is 24.9 Å². The first-order valence-electron chi connectivity index (χ1n) is 8.79. The van der Waals surface area contributed by atoms with E-state index in [1.165, 1.54) is 0 Å². The van der Waals surface area contributed by atoms with Gasteiger partial charge in [-0.25, -0.2) is 0 Å². The van der Waals surface area contributed by atoms with E-state index in [4.69, 9.17) is 11.6 Å². The molecule has 6 nitrogen and oxygen atoms in total. The molecular formula is C18H24ClN5O. The highest BCUT2D eigenvalue weighted by atomic mass is 35.5. The van der Waals surface area contributed by atoms with Gasteiger partial charge in [0.15, 0.2) is 0 Å². The zero-order chi connectivity index (χ0) is 17.8. The van der Waals surface area contributed by atoms with E-state index in [2.05, 4.69) is 21.9 Å². The van der Waals surface area contributed by atoms with Gasteiger partial charge in [0, 0.05) is 50.8 Å². The number of carbonyl (C=O) groups is 1. The molecule has 25 heavy (non-hydrogen) atoms. The topological polar surface area (TPSA) is 54.3 Å². The third-order valence-electron chi connectivity index (χ3n) is 4.60. The van der Waals surface area contributed by atoms with Crippen molar-refractivity contribution in [1.82, 2.24) is 19.7 Å². The Labute approximate surface area is 153 Å². The minimum Gasteiger partial charge on any atom is -0.368 e. The molecule has 0 radical (unpaired) electrons. The predicted molar refractivity (Wildman–Crippen MR) is 99.2 cm³/mol. The molecule has 0 spiro atoms. The van der Waals surface area contributed by atoms with Gasteiger partial charge >= 0.3 is 0 Å². The van der Waals surface area contributed by atoms with Crippen LogP contribution in [0.5, 0.6) is 0 Å². The number of piperazine rings is 1. The van der Waals surface area contributed by atoms with Crippen molar-refractivity contribution in [3.8, 4) is 0 Å². The minimum atomic E-state index is -0.0142. The van der Waals surface area contributed by atoms with Crippen LogP contribution < -0.4 is 4.90 Å². The molecule has 2 aromatic rings. The van der Waals surface area contributed by atoms with Crippen LogP contribution in [-0.4, -0.2) is 51.8 Å². The molecule has 134 valence electrons. The average Bonchev–Trinajstić information content (AvgIpc) is 2.93. The number of hydrogen-bond donors (Lipinski definition) is 0. The lowest BCUT2D eigenvalue weighted by Crippen LogP contribution is -2.49. The summed E-state index contributed by atoms with van der Waals surface area (Å²) in [6, 6.07) is 3.99. The standard InChI is InChI=1S/C18H24ClN5O/c1-3-4-9-24-17(19)16(14(2)21-24)18(25)23-12-10-22(11-13-23)15-5-7-20-8-6-15/h5-8H,3-4,9-13H2,1-2H3. The summed E-state index contributed by atoms with van der Waals surface area (Å²) >= 11 is 6.44. The second-order valence-electron chi connectivity index (χ2n) is 6.31. The zero-order valence-electron chi connectivity index (χ0n) is 14.8. The Bertz CT molecular complexity index is 723. The monoisotopic (exact) mass is 361 g/mol. The van der Waals surface area contributed by atoms with E-state index in [0.717, 1.165) is 38.2 Å². The predicted octanol–water partition coefficient (Wildman–Crippen LogP) is 3.00. The number of unbranched alkanes of at least 4 members (excludes halogenated alkanes) is 1. The molecule has 2 aromatic heterocycles. The van der Waals surface area contributed by atoms with Crippen LogP contribution in [0.3, 0.4) is 0 Å². The van der Waals surface area contributed by atoms with Crippen LogP contribution in [0.4, 0.5) is 5.69 Å². The minimum absolute atomic E-state index is 0.0142. The van der Waals surface area contributed by atoms with Crippen molar-refractivity contribution in [1.29, 1.82) is 0 Å². The van der Waals surface area contributed by atoms with Crippen LogP contribution in [0, 0.1) is 6.92 Å². The first-order chi connectivity index (χ1) is 12.1. The van der Waals surface area contributed by atoms with E-state index in [1.54, 1.807) is 17.1 Å². The number of carbonyl (C=O) groups excluding carboxylic acids is 1. The van der Waals surface area contributed by atoms with Crippen LogP contribution in [0.15, 0.2) is 24.5 Å². The fourth-order valence-electron chi connectivity index (χ4n) is 3.13. The summed E-state index contributed by atoms with van der Waals surface area (Å²) < 4.78 is 1.75. The lowest BCUT2D eigenvalue weighted by Gasteiger charge is -2.36. The number of nitrogens with zero attached hydrogens (tertiary/aromatic N) is 5. The van der Waals surface area contributed by atoms with Gasteiger partial charge in [0.05, 0.1) is 11.3 Å². The number of aromatic nitrogens is 3. The Hall–Kier alpha value is -2.08. The SMILES string of the molecule is CCCCn1nc(C)c(C(=O)N2CCN(c3ccncc3)CC2)c1Cl. The molecule has 7 heteroatoms.